The third-order valence-electron chi connectivity index (χ3n) is 3.21. The molecule has 0 atom stereocenters. The van der Waals surface area contributed by atoms with E-state index in [9.17, 15) is 14.9 Å². The average Bonchev–Trinajstić information content (AvgIpc) is 2.91. The number of rotatable bonds is 6. The fourth-order valence-corrected chi connectivity index (χ4v) is 2.03. The topological polar surface area (TPSA) is 99.3 Å². The second-order valence-corrected chi connectivity index (χ2v) is 4.58. The van der Waals surface area contributed by atoms with Crippen LogP contribution in [0.2, 0.25) is 0 Å². The highest BCUT2D eigenvalue weighted by molar-refractivity contribution is 5.91. The summed E-state index contributed by atoms with van der Waals surface area (Å²) in [5, 5.41) is 14.0. The first-order chi connectivity index (χ1) is 10.5. The van der Waals surface area contributed by atoms with Gasteiger partial charge in [-0.2, -0.15) is 0 Å². The van der Waals surface area contributed by atoms with E-state index in [0.29, 0.717) is 13.1 Å². The Labute approximate surface area is 126 Å². The molecule has 1 aromatic carbocycles. The predicted molar refractivity (Wildman–Crippen MR) is 79.9 cm³/mol. The predicted octanol–water partition coefficient (Wildman–Crippen LogP) is 2.00. The number of carbonyl (C=O) groups excluding carboxylic acids is 1. The second kappa shape index (κ2) is 6.70. The molecule has 1 heterocycles. The summed E-state index contributed by atoms with van der Waals surface area (Å²) in [6.45, 7) is 2.94. The van der Waals surface area contributed by atoms with Gasteiger partial charge in [-0.15, -0.1) is 0 Å². The number of nitrogens with zero attached hydrogens (tertiary/aromatic N) is 3. The molecule has 1 N–H and O–H groups in total. The zero-order valence-electron chi connectivity index (χ0n) is 12.3. The Morgan fingerprint density at radius 3 is 2.86 bits per heavy atom. The summed E-state index contributed by atoms with van der Waals surface area (Å²) >= 11 is 0. The van der Waals surface area contributed by atoms with Gasteiger partial charge in [-0.25, -0.2) is 9.78 Å². The summed E-state index contributed by atoms with van der Waals surface area (Å²) in [5.41, 5.74) is 0.454. The van der Waals surface area contributed by atoms with Crippen LogP contribution in [0.15, 0.2) is 30.6 Å². The smallest absolute Gasteiger partial charge is 0.337 e. The van der Waals surface area contributed by atoms with Gasteiger partial charge in [0.1, 0.15) is 11.5 Å². The van der Waals surface area contributed by atoms with Crippen molar-refractivity contribution >= 4 is 17.3 Å². The summed E-state index contributed by atoms with van der Waals surface area (Å²) in [7, 11) is 1.26. The number of imidazole rings is 1. The molecule has 8 heteroatoms. The fourth-order valence-electron chi connectivity index (χ4n) is 2.03. The van der Waals surface area contributed by atoms with Gasteiger partial charge in [0.25, 0.3) is 5.69 Å². The van der Waals surface area contributed by atoms with Crippen LogP contribution in [0, 0.1) is 17.0 Å². The summed E-state index contributed by atoms with van der Waals surface area (Å²) in [5.74, 6) is 0.322. The standard InChI is InChI=1S/C14H16N4O4/c1-10-15-5-7-17(10)8-6-16-12-9-11(14(19)22-2)3-4-13(12)18(20)21/h3-5,7,9,16H,6,8H2,1-2H3. The molecule has 0 fully saturated rings. The lowest BCUT2D eigenvalue weighted by Crippen LogP contribution is -2.13. The number of esters is 1. The zero-order chi connectivity index (χ0) is 16.1. The molecule has 8 nitrogen and oxygen atoms in total. The van der Waals surface area contributed by atoms with Crippen molar-refractivity contribution in [3.05, 3.63) is 52.1 Å². The molecule has 0 aliphatic rings. The first kappa shape index (κ1) is 15.5. The lowest BCUT2D eigenvalue weighted by molar-refractivity contribution is -0.384. The first-order valence-corrected chi connectivity index (χ1v) is 6.61. The van der Waals surface area contributed by atoms with Crippen LogP contribution < -0.4 is 5.32 Å². The fraction of sp³-hybridized carbons (Fsp3) is 0.286. The minimum Gasteiger partial charge on any atom is -0.465 e. The summed E-state index contributed by atoms with van der Waals surface area (Å²) in [6, 6.07) is 4.08. The minimum absolute atomic E-state index is 0.0880. The van der Waals surface area contributed by atoms with E-state index in [4.69, 9.17) is 0 Å². The molecule has 0 radical (unpaired) electrons. The van der Waals surface area contributed by atoms with Gasteiger partial charge in [-0.05, 0) is 19.1 Å². The second-order valence-electron chi connectivity index (χ2n) is 4.58. The van der Waals surface area contributed by atoms with Gasteiger partial charge in [-0.1, -0.05) is 0 Å². The zero-order valence-corrected chi connectivity index (χ0v) is 12.3. The highest BCUT2D eigenvalue weighted by Crippen LogP contribution is 2.25. The number of hydrogen-bond acceptors (Lipinski definition) is 6. The maximum absolute atomic E-state index is 11.5. The van der Waals surface area contributed by atoms with Gasteiger partial charge in [0, 0.05) is 31.5 Å². The molecule has 116 valence electrons. The van der Waals surface area contributed by atoms with Crippen LogP contribution in [0.1, 0.15) is 16.2 Å². The highest BCUT2D eigenvalue weighted by Gasteiger charge is 2.16. The van der Waals surface area contributed by atoms with E-state index in [1.54, 1.807) is 6.20 Å². The van der Waals surface area contributed by atoms with Crippen LogP contribution in [-0.4, -0.2) is 34.1 Å². The van der Waals surface area contributed by atoms with Crippen molar-refractivity contribution in [2.24, 2.45) is 0 Å². The number of aromatic nitrogens is 2. The number of methoxy groups -OCH3 is 1. The van der Waals surface area contributed by atoms with Gasteiger partial charge >= 0.3 is 5.97 Å². The molecule has 2 aromatic rings. The molecule has 1 aromatic heterocycles. The number of nitrogens with one attached hydrogen (secondary N) is 1. The molecule has 2 rings (SSSR count). The summed E-state index contributed by atoms with van der Waals surface area (Å²) in [6.07, 6.45) is 3.52. The molecule has 0 saturated heterocycles. The van der Waals surface area contributed by atoms with Crippen LogP contribution in [0.4, 0.5) is 11.4 Å². The third-order valence-corrected chi connectivity index (χ3v) is 3.21. The molecular formula is C14H16N4O4. The monoisotopic (exact) mass is 304 g/mol. The Morgan fingerprint density at radius 1 is 1.50 bits per heavy atom. The number of anilines is 1. The third kappa shape index (κ3) is 3.40. The number of carbonyl (C=O) groups is 1. The molecule has 0 aliphatic carbocycles. The van der Waals surface area contributed by atoms with Gasteiger partial charge in [0.2, 0.25) is 0 Å². The molecule has 0 aliphatic heterocycles. The lowest BCUT2D eigenvalue weighted by Gasteiger charge is -2.10. The number of benzene rings is 1. The Hall–Kier alpha value is -2.90. The van der Waals surface area contributed by atoms with Crippen molar-refractivity contribution < 1.29 is 14.5 Å². The van der Waals surface area contributed by atoms with Gasteiger partial charge in [0.05, 0.1) is 17.6 Å². The normalized spacial score (nSPS) is 10.3. The molecule has 0 saturated carbocycles. The maximum atomic E-state index is 11.5. The van der Waals surface area contributed by atoms with Crippen LogP contribution in [0.5, 0.6) is 0 Å². The number of nitro benzene ring substituents is 1. The van der Waals surface area contributed by atoms with Crippen molar-refractivity contribution in [3.8, 4) is 0 Å². The van der Waals surface area contributed by atoms with Crippen LogP contribution >= 0.6 is 0 Å². The van der Waals surface area contributed by atoms with E-state index in [0.717, 1.165) is 5.82 Å². The average molecular weight is 304 g/mol. The number of nitro groups is 1. The summed E-state index contributed by atoms with van der Waals surface area (Å²) < 4.78 is 6.54. The van der Waals surface area contributed by atoms with Gasteiger partial charge < -0.3 is 14.6 Å². The largest absolute Gasteiger partial charge is 0.465 e. The van der Waals surface area contributed by atoms with E-state index in [-0.39, 0.29) is 16.9 Å². The van der Waals surface area contributed by atoms with Crippen molar-refractivity contribution in [2.45, 2.75) is 13.5 Å². The number of hydrogen-bond donors (Lipinski definition) is 1. The van der Waals surface area contributed by atoms with E-state index in [1.165, 1.54) is 25.3 Å². The Bertz CT molecular complexity index is 696. The SMILES string of the molecule is COC(=O)c1ccc([N+](=O)[O-])c(NCCn2ccnc2C)c1. The maximum Gasteiger partial charge on any atom is 0.337 e. The van der Waals surface area contributed by atoms with Crippen molar-refractivity contribution in [1.29, 1.82) is 0 Å². The van der Waals surface area contributed by atoms with Crippen molar-refractivity contribution in [2.75, 3.05) is 19.0 Å². The first-order valence-electron chi connectivity index (χ1n) is 6.61. The van der Waals surface area contributed by atoms with Gasteiger partial charge in [0.15, 0.2) is 0 Å². The van der Waals surface area contributed by atoms with Crippen LogP contribution in [0.25, 0.3) is 0 Å². The molecule has 0 amide bonds. The van der Waals surface area contributed by atoms with Crippen LogP contribution in [0.3, 0.4) is 0 Å². The van der Waals surface area contributed by atoms with E-state index in [1.807, 2.05) is 17.7 Å². The highest BCUT2D eigenvalue weighted by atomic mass is 16.6. The van der Waals surface area contributed by atoms with E-state index in [2.05, 4.69) is 15.0 Å². The van der Waals surface area contributed by atoms with Crippen LogP contribution in [-0.2, 0) is 11.3 Å². The van der Waals surface area contributed by atoms with Gasteiger partial charge in [-0.3, -0.25) is 10.1 Å². The van der Waals surface area contributed by atoms with E-state index < -0.39 is 10.9 Å². The molecule has 0 unspecified atom stereocenters. The number of aryl methyl sites for hydroxylation is 1. The molecule has 0 bridgehead atoms. The lowest BCUT2D eigenvalue weighted by atomic mass is 10.1. The Balaban J connectivity index is 2.14. The Kier molecular flexibility index (Phi) is 4.72. The molecule has 0 spiro atoms. The minimum atomic E-state index is -0.539. The van der Waals surface area contributed by atoms with Crippen molar-refractivity contribution in [1.82, 2.24) is 9.55 Å². The molecule has 22 heavy (non-hydrogen) atoms. The van der Waals surface area contributed by atoms with E-state index >= 15 is 0 Å². The summed E-state index contributed by atoms with van der Waals surface area (Å²) in [4.78, 5) is 26.2. The van der Waals surface area contributed by atoms with Crippen molar-refractivity contribution in [3.63, 3.8) is 0 Å². The quantitative estimate of drug-likeness (QED) is 0.498. The molecular weight excluding hydrogens is 288 g/mol. The Morgan fingerprint density at radius 2 is 2.27 bits per heavy atom. The number of ether oxygens (including phenoxy) is 1.